The van der Waals surface area contributed by atoms with E-state index in [0.29, 0.717) is 17.3 Å². The molecule has 0 radical (unpaired) electrons. The number of hydrogen-bond donors (Lipinski definition) is 1. The molecule has 2 heterocycles. The fourth-order valence-corrected chi connectivity index (χ4v) is 2.35. The van der Waals surface area contributed by atoms with E-state index in [4.69, 9.17) is 4.42 Å². The van der Waals surface area contributed by atoms with E-state index in [1.165, 1.54) is 10.9 Å². The summed E-state index contributed by atoms with van der Waals surface area (Å²) in [7, 11) is 1.67. The highest BCUT2D eigenvalue weighted by molar-refractivity contribution is 6.02. The Bertz CT molecular complexity index is 880. The van der Waals surface area contributed by atoms with Crippen molar-refractivity contribution in [3.63, 3.8) is 0 Å². The van der Waals surface area contributed by atoms with Crippen molar-refractivity contribution in [3.8, 4) is 11.3 Å². The number of benzene rings is 1. The molecule has 3 aromatic rings. The van der Waals surface area contributed by atoms with Crippen LogP contribution in [0.2, 0.25) is 0 Å². The summed E-state index contributed by atoms with van der Waals surface area (Å²) in [5.74, 6) is 0.0848. The van der Waals surface area contributed by atoms with Gasteiger partial charge in [-0.15, -0.1) is 0 Å². The van der Waals surface area contributed by atoms with Gasteiger partial charge in [0.25, 0.3) is 5.91 Å². The van der Waals surface area contributed by atoms with Crippen LogP contribution < -0.4 is 5.32 Å². The largest absolute Gasteiger partial charge is 0.440 e. The van der Waals surface area contributed by atoms with Crippen molar-refractivity contribution in [1.82, 2.24) is 20.1 Å². The Hall–Kier alpha value is -3.22. The van der Waals surface area contributed by atoms with Crippen LogP contribution in [0.15, 0.2) is 47.0 Å². The van der Waals surface area contributed by atoms with Crippen LogP contribution in [0.1, 0.15) is 26.9 Å². The number of ketones is 1. The van der Waals surface area contributed by atoms with E-state index in [2.05, 4.69) is 15.4 Å². The topological polar surface area (TPSA) is 90.0 Å². The third-order valence-electron chi connectivity index (χ3n) is 3.50. The minimum absolute atomic E-state index is 0.140. The summed E-state index contributed by atoms with van der Waals surface area (Å²) in [5, 5.41) is 6.52. The van der Waals surface area contributed by atoms with Gasteiger partial charge in [-0.05, 0) is 6.07 Å². The van der Waals surface area contributed by atoms with Crippen molar-refractivity contribution in [2.24, 2.45) is 7.05 Å². The van der Waals surface area contributed by atoms with Crippen LogP contribution in [0.5, 0.6) is 0 Å². The Morgan fingerprint density at radius 2 is 1.96 bits per heavy atom. The maximum atomic E-state index is 12.4. The Balaban J connectivity index is 1.77. The lowest BCUT2D eigenvalue weighted by Crippen LogP contribution is -2.31. The van der Waals surface area contributed by atoms with Crippen molar-refractivity contribution in [3.05, 3.63) is 59.9 Å². The molecule has 1 N–H and O–H groups in total. The zero-order valence-corrected chi connectivity index (χ0v) is 13.3. The molecule has 0 aliphatic heterocycles. The van der Waals surface area contributed by atoms with E-state index >= 15 is 0 Å². The number of amides is 1. The first-order chi connectivity index (χ1) is 11.6. The standard InChI is InChI=1S/C17H16N4O3/c1-11-20-15(16(24-11)12-6-4-3-5-7-12)17(23)18-10-14(22)13-8-9-19-21(13)2/h3-9H,10H2,1-2H3,(H,18,23). The summed E-state index contributed by atoms with van der Waals surface area (Å²) in [6.07, 6.45) is 1.53. The van der Waals surface area contributed by atoms with E-state index < -0.39 is 5.91 Å². The van der Waals surface area contributed by atoms with E-state index in [1.807, 2.05) is 30.3 Å². The second kappa shape index (κ2) is 6.49. The highest BCUT2D eigenvalue weighted by Crippen LogP contribution is 2.24. The van der Waals surface area contributed by atoms with Gasteiger partial charge in [-0.25, -0.2) is 4.98 Å². The molecule has 0 bridgehead atoms. The van der Waals surface area contributed by atoms with Crippen LogP contribution in [0, 0.1) is 6.92 Å². The zero-order chi connectivity index (χ0) is 17.1. The molecule has 0 saturated carbocycles. The molecule has 1 amide bonds. The first-order valence-corrected chi connectivity index (χ1v) is 7.38. The van der Waals surface area contributed by atoms with Crippen LogP contribution in [0.3, 0.4) is 0 Å². The second-order valence-corrected chi connectivity index (χ2v) is 5.22. The normalized spacial score (nSPS) is 10.6. The lowest BCUT2D eigenvalue weighted by molar-refractivity contribution is 0.0897. The fourth-order valence-electron chi connectivity index (χ4n) is 2.35. The summed E-state index contributed by atoms with van der Waals surface area (Å²) in [4.78, 5) is 28.6. The summed E-state index contributed by atoms with van der Waals surface area (Å²) in [5.41, 5.74) is 1.34. The molecule has 0 spiro atoms. The quantitative estimate of drug-likeness (QED) is 0.725. The number of hydrogen-bond acceptors (Lipinski definition) is 5. The Morgan fingerprint density at radius 1 is 1.21 bits per heavy atom. The van der Waals surface area contributed by atoms with Crippen LogP contribution in [-0.4, -0.2) is 33.0 Å². The number of carbonyl (C=O) groups excluding carboxylic acids is 2. The number of Topliss-reactive ketones (excluding diaryl/α,β-unsaturated/α-hetero) is 1. The minimum atomic E-state index is -0.457. The molecular weight excluding hydrogens is 308 g/mol. The van der Waals surface area contributed by atoms with Crippen LogP contribution in [0.25, 0.3) is 11.3 Å². The van der Waals surface area contributed by atoms with Gasteiger partial charge >= 0.3 is 0 Å². The monoisotopic (exact) mass is 324 g/mol. The maximum Gasteiger partial charge on any atom is 0.274 e. The molecule has 0 unspecified atom stereocenters. The van der Waals surface area contributed by atoms with Gasteiger partial charge in [-0.3, -0.25) is 14.3 Å². The lowest BCUT2D eigenvalue weighted by atomic mass is 10.1. The molecule has 0 aliphatic rings. The number of nitrogens with zero attached hydrogens (tertiary/aromatic N) is 3. The summed E-state index contributed by atoms with van der Waals surface area (Å²) < 4.78 is 7.01. The molecule has 0 atom stereocenters. The van der Waals surface area contributed by atoms with Gasteiger partial charge in [0.2, 0.25) is 0 Å². The molecule has 2 aromatic heterocycles. The summed E-state index contributed by atoms with van der Waals surface area (Å²) in [6.45, 7) is 1.53. The van der Waals surface area contributed by atoms with Gasteiger partial charge in [0.05, 0.1) is 6.54 Å². The Kier molecular flexibility index (Phi) is 4.24. The maximum absolute atomic E-state index is 12.4. The van der Waals surface area contributed by atoms with Gasteiger partial charge in [-0.2, -0.15) is 5.10 Å². The van der Waals surface area contributed by atoms with Crippen LogP contribution in [-0.2, 0) is 7.05 Å². The number of nitrogens with one attached hydrogen (secondary N) is 1. The second-order valence-electron chi connectivity index (χ2n) is 5.22. The molecule has 3 rings (SSSR count). The molecule has 0 fully saturated rings. The average molecular weight is 324 g/mol. The van der Waals surface area contributed by atoms with Crippen molar-refractivity contribution >= 4 is 11.7 Å². The summed E-state index contributed by atoms with van der Waals surface area (Å²) >= 11 is 0. The molecule has 1 aromatic carbocycles. The molecule has 7 heteroatoms. The number of aryl methyl sites for hydroxylation is 2. The highest BCUT2D eigenvalue weighted by Gasteiger charge is 2.21. The van der Waals surface area contributed by atoms with Gasteiger partial charge in [-0.1, -0.05) is 30.3 Å². The van der Waals surface area contributed by atoms with Crippen molar-refractivity contribution in [1.29, 1.82) is 0 Å². The Labute approximate surface area is 138 Å². The number of carbonyl (C=O) groups is 2. The lowest BCUT2D eigenvalue weighted by Gasteiger charge is -2.04. The predicted molar refractivity (Wildman–Crippen MR) is 86.5 cm³/mol. The molecule has 122 valence electrons. The van der Waals surface area contributed by atoms with Crippen molar-refractivity contribution in [2.45, 2.75) is 6.92 Å². The van der Waals surface area contributed by atoms with Gasteiger partial charge < -0.3 is 9.73 Å². The van der Waals surface area contributed by atoms with E-state index in [1.54, 1.807) is 20.0 Å². The van der Waals surface area contributed by atoms with Crippen LogP contribution in [0.4, 0.5) is 0 Å². The zero-order valence-electron chi connectivity index (χ0n) is 13.3. The number of oxazole rings is 1. The molecule has 24 heavy (non-hydrogen) atoms. The van der Waals surface area contributed by atoms with E-state index in [9.17, 15) is 9.59 Å². The molecule has 0 aliphatic carbocycles. The molecule has 0 saturated heterocycles. The SMILES string of the molecule is Cc1nc(C(=O)NCC(=O)c2ccnn2C)c(-c2ccccc2)o1. The molecular formula is C17H16N4O3. The smallest absolute Gasteiger partial charge is 0.274 e. The third kappa shape index (κ3) is 3.10. The first kappa shape index (κ1) is 15.7. The average Bonchev–Trinajstić information content (AvgIpc) is 3.19. The molecule has 7 nitrogen and oxygen atoms in total. The van der Waals surface area contributed by atoms with Gasteiger partial charge in [0.1, 0.15) is 5.69 Å². The number of aromatic nitrogens is 3. The summed E-state index contributed by atoms with van der Waals surface area (Å²) in [6, 6.07) is 10.8. The van der Waals surface area contributed by atoms with E-state index in [-0.39, 0.29) is 18.0 Å². The highest BCUT2D eigenvalue weighted by atomic mass is 16.4. The predicted octanol–water partition coefficient (Wildman–Crippen LogP) is 2.00. The van der Waals surface area contributed by atoms with E-state index in [0.717, 1.165) is 5.56 Å². The van der Waals surface area contributed by atoms with Crippen LogP contribution >= 0.6 is 0 Å². The number of rotatable bonds is 5. The fraction of sp³-hybridized carbons (Fsp3) is 0.176. The van der Waals surface area contributed by atoms with Crippen molar-refractivity contribution < 1.29 is 14.0 Å². The Morgan fingerprint density at radius 3 is 2.62 bits per heavy atom. The van der Waals surface area contributed by atoms with Gasteiger partial charge in [0, 0.05) is 25.7 Å². The minimum Gasteiger partial charge on any atom is -0.440 e. The van der Waals surface area contributed by atoms with Crippen molar-refractivity contribution in [2.75, 3.05) is 6.54 Å². The third-order valence-corrected chi connectivity index (χ3v) is 3.50. The van der Waals surface area contributed by atoms with Gasteiger partial charge in [0.15, 0.2) is 23.1 Å². The first-order valence-electron chi connectivity index (χ1n) is 7.38.